The molecule has 0 saturated heterocycles. The molecule has 0 radical (unpaired) electrons. The average molecular weight is 258 g/mol. The monoisotopic (exact) mass is 258 g/mol. The van der Waals surface area contributed by atoms with Crippen LogP contribution in [0.3, 0.4) is 0 Å². The highest BCUT2D eigenvalue weighted by Crippen LogP contribution is 2.10. The number of carbonyl (C=O) groups is 1. The zero-order chi connectivity index (χ0) is 13.7. The van der Waals surface area contributed by atoms with Crippen molar-refractivity contribution in [3.8, 4) is 0 Å². The molecule has 19 heavy (non-hydrogen) atoms. The second-order valence-corrected chi connectivity index (χ2v) is 4.68. The van der Waals surface area contributed by atoms with Crippen LogP contribution in [0, 0.1) is 0 Å². The molecule has 0 aliphatic carbocycles. The molecule has 4 nitrogen and oxygen atoms in total. The van der Waals surface area contributed by atoms with E-state index >= 15 is 0 Å². The number of oxime groups is 1. The Hall–Kier alpha value is -1.94. The van der Waals surface area contributed by atoms with Gasteiger partial charge in [-0.25, -0.2) is 4.79 Å². The van der Waals surface area contributed by atoms with Crippen LogP contribution in [0.25, 0.3) is 0 Å². The third-order valence-electron chi connectivity index (χ3n) is 3.08. The predicted molar refractivity (Wildman–Crippen MR) is 75.2 cm³/mol. The van der Waals surface area contributed by atoms with Gasteiger partial charge in [-0.05, 0) is 38.1 Å². The Bertz CT molecular complexity index is 506. The first-order valence-corrected chi connectivity index (χ1v) is 6.36. The summed E-state index contributed by atoms with van der Waals surface area (Å²) in [6.45, 7) is 3.77. The van der Waals surface area contributed by atoms with Crippen LogP contribution in [0.5, 0.6) is 0 Å². The Balaban J connectivity index is 1.99. The van der Waals surface area contributed by atoms with E-state index in [9.17, 15) is 4.79 Å². The van der Waals surface area contributed by atoms with Gasteiger partial charge in [-0.1, -0.05) is 29.4 Å². The van der Waals surface area contributed by atoms with Crippen molar-refractivity contribution in [3.05, 3.63) is 47.5 Å². The number of likely N-dealkylation sites (N-methyl/N-ethyl adjacent to an activating group) is 1. The van der Waals surface area contributed by atoms with Gasteiger partial charge < -0.3 is 9.74 Å². The first kappa shape index (κ1) is 13.5. The Kier molecular flexibility index (Phi) is 4.47. The molecule has 0 fully saturated rings. The molecule has 0 bridgehead atoms. The van der Waals surface area contributed by atoms with Crippen molar-refractivity contribution in [1.29, 1.82) is 0 Å². The van der Waals surface area contributed by atoms with Gasteiger partial charge in [0.2, 0.25) is 0 Å². The molecule has 1 aliphatic rings. The first-order valence-electron chi connectivity index (χ1n) is 6.36. The second kappa shape index (κ2) is 6.29. The summed E-state index contributed by atoms with van der Waals surface area (Å²) in [6.07, 6.45) is 3.15. The van der Waals surface area contributed by atoms with Crippen LogP contribution in [0.1, 0.15) is 23.7 Å². The van der Waals surface area contributed by atoms with E-state index in [0.717, 1.165) is 30.8 Å². The Morgan fingerprint density at radius 3 is 2.74 bits per heavy atom. The molecule has 2 rings (SSSR count). The Morgan fingerprint density at radius 2 is 2.05 bits per heavy atom. The minimum absolute atomic E-state index is 0.426. The van der Waals surface area contributed by atoms with Gasteiger partial charge in [-0.3, -0.25) is 0 Å². The molecule has 0 spiro atoms. The van der Waals surface area contributed by atoms with Crippen LogP contribution >= 0.6 is 0 Å². The van der Waals surface area contributed by atoms with Gasteiger partial charge >= 0.3 is 5.97 Å². The van der Waals surface area contributed by atoms with Gasteiger partial charge in [0.25, 0.3) is 0 Å². The lowest BCUT2D eigenvalue weighted by Crippen LogP contribution is -2.28. The van der Waals surface area contributed by atoms with Crippen molar-refractivity contribution >= 4 is 11.7 Å². The molecule has 0 N–H and O–H groups in total. The fourth-order valence-corrected chi connectivity index (χ4v) is 1.95. The molecule has 100 valence electrons. The summed E-state index contributed by atoms with van der Waals surface area (Å²) in [5.41, 5.74) is 2.39. The van der Waals surface area contributed by atoms with Crippen molar-refractivity contribution in [1.82, 2.24) is 4.90 Å². The van der Waals surface area contributed by atoms with Gasteiger partial charge in [0.05, 0.1) is 11.3 Å². The number of hydrogen-bond donors (Lipinski definition) is 0. The van der Waals surface area contributed by atoms with Crippen LogP contribution in [-0.4, -0.2) is 36.7 Å². The van der Waals surface area contributed by atoms with E-state index < -0.39 is 5.97 Å². The quantitative estimate of drug-likeness (QED) is 0.475. The van der Waals surface area contributed by atoms with Crippen LogP contribution in [0.15, 0.2) is 47.1 Å². The molecule has 0 amide bonds. The molecular formula is C15H18N2O2. The maximum atomic E-state index is 11.7. The topological polar surface area (TPSA) is 41.9 Å². The molecule has 1 aliphatic heterocycles. The van der Waals surface area contributed by atoms with Crippen molar-refractivity contribution < 1.29 is 9.63 Å². The number of benzene rings is 1. The van der Waals surface area contributed by atoms with Gasteiger partial charge in [-0.15, -0.1) is 0 Å². The van der Waals surface area contributed by atoms with Crippen molar-refractivity contribution in [3.63, 3.8) is 0 Å². The fraction of sp³-hybridized carbons (Fsp3) is 0.333. The summed E-state index contributed by atoms with van der Waals surface area (Å²) in [5.74, 6) is -0.426. The van der Waals surface area contributed by atoms with Crippen LogP contribution in [0.4, 0.5) is 0 Å². The standard InChI is InChI=1S/C15H18N2O2/c1-12(14-9-6-10-17(2)11-14)16-19-15(18)13-7-4-3-5-8-13/h3-5,7-9H,6,10-11H2,1-2H3/b16-12+. The molecule has 4 heteroatoms. The summed E-state index contributed by atoms with van der Waals surface area (Å²) in [7, 11) is 2.07. The van der Waals surface area contributed by atoms with Crippen molar-refractivity contribution in [2.45, 2.75) is 13.3 Å². The lowest BCUT2D eigenvalue weighted by molar-refractivity contribution is 0.0516. The molecule has 0 aromatic heterocycles. The van der Waals surface area contributed by atoms with Crippen LogP contribution < -0.4 is 0 Å². The van der Waals surface area contributed by atoms with E-state index in [1.807, 2.05) is 13.0 Å². The lowest BCUT2D eigenvalue weighted by atomic mass is 10.1. The maximum absolute atomic E-state index is 11.7. The average Bonchev–Trinajstić information content (AvgIpc) is 2.45. The number of rotatable bonds is 3. The van der Waals surface area contributed by atoms with E-state index in [4.69, 9.17) is 4.84 Å². The summed E-state index contributed by atoms with van der Waals surface area (Å²) < 4.78 is 0. The largest absolute Gasteiger partial charge is 0.365 e. The second-order valence-electron chi connectivity index (χ2n) is 4.68. The lowest BCUT2D eigenvalue weighted by Gasteiger charge is -2.22. The zero-order valence-electron chi connectivity index (χ0n) is 11.3. The number of carbonyl (C=O) groups excluding carboxylic acids is 1. The molecule has 0 unspecified atom stereocenters. The van der Waals surface area contributed by atoms with E-state index in [1.165, 1.54) is 0 Å². The maximum Gasteiger partial charge on any atom is 0.365 e. The fourth-order valence-electron chi connectivity index (χ4n) is 1.95. The van der Waals surface area contributed by atoms with Crippen LogP contribution in [-0.2, 0) is 4.84 Å². The molecule has 1 aromatic carbocycles. The highest BCUT2D eigenvalue weighted by atomic mass is 16.7. The molecule has 1 heterocycles. The van der Waals surface area contributed by atoms with Crippen LogP contribution in [0.2, 0.25) is 0 Å². The third kappa shape index (κ3) is 3.76. The van der Waals surface area contributed by atoms with E-state index in [-0.39, 0.29) is 0 Å². The Morgan fingerprint density at radius 1 is 1.32 bits per heavy atom. The minimum atomic E-state index is -0.426. The summed E-state index contributed by atoms with van der Waals surface area (Å²) in [6, 6.07) is 8.87. The highest BCUT2D eigenvalue weighted by Gasteiger charge is 2.12. The molecule has 1 aromatic rings. The van der Waals surface area contributed by atoms with E-state index in [1.54, 1.807) is 24.3 Å². The van der Waals surface area contributed by atoms with E-state index in [2.05, 4.69) is 23.2 Å². The van der Waals surface area contributed by atoms with Gasteiger partial charge in [0.1, 0.15) is 0 Å². The van der Waals surface area contributed by atoms with Crippen molar-refractivity contribution in [2.24, 2.45) is 5.16 Å². The van der Waals surface area contributed by atoms with Gasteiger partial charge in [0, 0.05) is 13.1 Å². The first-order chi connectivity index (χ1) is 9.16. The predicted octanol–water partition coefficient (Wildman–Crippen LogP) is 2.48. The van der Waals surface area contributed by atoms with E-state index in [0.29, 0.717) is 5.56 Å². The van der Waals surface area contributed by atoms with Gasteiger partial charge in [-0.2, -0.15) is 0 Å². The highest BCUT2D eigenvalue weighted by molar-refractivity contribution is 5.99. The molecule has 0 saturated carbocycles. The third-order valence-corrected chi connectivity index (χ3v) is 3.08. The smallest absolute Gasteiger partial charge is 0.313 e. The van der Waals surface area contributed by atoms with Crippen molar-refractivity contribution in [2.75, 3.05) is 20.1 Å². The number of nitrogens with zero attached hydrogens (tertiary/aromatic N) is 2. The SMILES string of the molecule is C/C(=N\OC(=O)c1ccccc1)C1=CCCN(C)C1. The zero-order valence-corrected chi connectivity index (χ0v) is 11.3. The summed E-state index contributed by atoms with van der Waals surface area (Å²) >= 11 is 0. The molecular weight excluding hydrogens is 240 g/mol. The van der Waals surface area contributed by atoms with Gasteiger partial charge in [0.15, 0.2) is 0 Å². The summed E-state index contributed by atoms with van der Waals surface area (Å²) in [5, 5.41) is 3.93. The Labute approximate surface area is 113 Å². The molecule has 0 atom stereocenters. The normalized spacial score (nSPS) is 16.9. The summed E-state index contributed by atoms with van der Waals surface area (Å²) in [4.78, 5) is 18.9. The minimum Gasteiger partial charge on any atom is -0.313 e. The number of hydrogen-bond acceptors (Lipinski definition) is 4.